The fourth-order valence-electron chi connectivity index (χ4n) is 2.81. The van der Waals surface area contributed by atoms with Gasteiger partial charge in [-0.1, -0.05) is 46.5 Å². The van der Waals surface area contributed by atoms with Crippen LogP contribution in [0, 0.1) is 11.3 Å². The Bertz CT molecular complexity index is 120. The Morgan fingerprint density at radius 2 is 1.83 bits per heavy atom. The maximum Gasteiger partial charge on any atom is -0.0321 e. The molecule has 1 aliphatic carbocycles. The highest BCUT2D eigenvalue weighted by molar-refractivity contribution is 4.87. The second-order valence-corrected chi connectivity index (χ2v) is 5.13. The normalized spacial score (nSPS) is 34.8. The van der Waals surface area contributed by atoms with Crippen molar-refractivity contribution in [3.63, 3.8) is 0 Å². The molecule has 0 spiro atoms. The number of hydrogen-bond donors (Lipinski definition) is 0. The van der Waals surface area contributed by atoms with E-state index in [1.54, 1.807) is 0 Å². The van der Waals surface area contributed by atoms with Gasteiger partial charge in [-0.25, -0.2) is 0 Å². The monoisotopic (exact) mass is 168 g/mol. The van der Waals surface area contributed by atoms with Crippen LogP contribution in [0.2, 0.25) is 0 Å². The van der Waals surface area contributed by atoms with Crippen molar-refractivity contribution in [2.24, 2.45) is 11.3 Å². The van der Waals surface area contributed by atoms with Crippen molar-refractivity contribution in [2.45, 2.75) is 65.7 Å². The Morgan fingerprint density at radius 3 is 2.33 bits per heavy atom. The molecule has 0 atom stereocenters. The average molecular weight is 168 g/mol. The van der Waals surface area contributed by atoms with Crippen LogP contribution in [0.15, 0.2) is 0 Å². The number of rotatable bonds is 5. The summed E-state index contributed by atoms with van der Waals surface area (Å²) in [6, 6.07) is 0. The van der Waals surface area contributed by atoms with Gasteiger partial charge in [0, 0.05) is 0 Å². The molecule has 0 N–H and O–H groups in total. The van der Waals surface area contributed by atoms with E-state index >= 15 is 0 Å². The molecule has 0 heteroatoms. The minimum absolute atomic E-state index is 0.743. The molecule has 0 amide bonds. The van der Waals surface area contributed by atoms with Crippen LogP contribution in [0.3, 0.4) is 0 Å². The Labute approximate surface area is 77.7 Å². The average Bonchev–Trinajstić information content (AvgIpc) is 1.96. The summed E-state index contributed by atoms with van der Waals surface area (Å²) in [5, 5.41) is 0. The van der Waals surface area contributed by atoms with E-state index in [0.717, 1.165) is 11.3 Å². The highest BCUT2D eigenvalue weighted by Crippen LogP contribution is 2.48. The van der Waals surface area contributed by atoms with E-state index in [0.29, 0.717) is 0 Å². The largest absolute Gasteiger partial charge is 0.0654 e. The van der Waals surface area contributed by atoms with E-state index in [4.69, 9.17) is 0 Å². The fourth-order valence-corrected chi connectivity index (χ4v) is 2.81. The van der Waals surface area contributed by atoms with Gasteiger partial charge in [-0.05, 0) is 30.6 Å². The first-order valence-corrected chi connectivity index (χ1v) is 5.66. The van der Waals surface area contributed by atoms with Crippen LogP contribution in [0.25, 0.3) is 0 Å². The molecular formula is C12H24. The Kier molecular flexibility index (Phi) is 3.61. The minimum atomic E-state index is 0.743. The molecule has 12 heavy (non-hydrogen) atoms. The van der Waals surface area contributed by atoms with Gasteiger partial charge in [0.2, 0.25) is 0 Å². The molecule has 0 aromatic rings. The summed E-state index contributed by atoms with van der Waals surface area (Å²) >= 11 is 0. The van der Waals surface area contributed by atoms with Crippen LogP contribution in [0.1, 0.15) is 65.7 Å². The molecule has 0 nitrogen and oxygen atoms in total. The molecule has 0 bridgehead atoms. The van der Waals surface area contributed by atoms with E-state index in [-0.39, 0.29) is 0 Å². The third-order valence-corrected chi connectivity index (χ3v) is 3.32. The summed E-state index contributed by atoms with van der Waals surface area (Å²) in [6.07, 6.45) is 10.2. The van der Waals surface area contributed by atoms with Gasteiger partial charge in [-0.15, -0.1) is 0 Å². The number of hydrogen-bond acceptors (Lipinski definition) is 0. The first-order valence-electron chi connectivity index (χ1n) is 5.66. The zero-order chi connectivity index (χ0) is 9.03. The third-order valence-electron chi connectivity index (χ3n) is 3.32. The summed E-state index contributed by atoms with van der Waals surface area (Å²) in [5.41, 5.74) is 0.743. The smallest absolute Gasteiger partial charge is 0.0321 e. The summed E-state index contributed by atoms with van der Waals surface area (Å²) in [7, 11) is 0. The summed E-state index contributed by atoms with van der Waals surface area (Å²) in [4.78, 5) is 0. The van der Waals surface area contributed by atoms with Crippen molar-refractivity contribution in [1.82, 2.24) is 0 Å². The van der Waals surface area contributed by atoms with E-state index in [1.165, 1.54) is 44.9 Å². The predicted octanol–water partition coefficient (Wildman–Crippen LogP) is 4.39. The molecule has 1 fully saturated rings. The number of unbranched alkanes of at least 4 members (excludes halogenated alkanes) is 3. The molecule has 0 saturated heterocycles. The van der Waals surface area contributed by atoms with Crippen molar-refractivity contribution in [3.8, 4) is 0 Å². The van der Waals surface area contributed by atoms with Crippen LogP contribution in [-0.2, 0) is 0 Å². The molecule has 1 rings (SSSR count). The molecule has 1 aliphatic rings. The van der Waals surface area contributed by atoms with Gasteiger partial charge in [-0.3, -0.25) is 0 Å². The summed E-state index contributed by atoms with van der Waals surface area (Å²) < 4.78 is 0. The van der Waals surface area contributed by atoms with E-state index < -0.39 is 0 Å². The zero-order valence-electron chi connectivity index (χ0n) is 9.03. The Hall–Kier alpha value is 0. The highest BCUT2D eigenvalue weighted by Gasteiger charge is 2.36. The molecule has 0 radical (unpaired) electrons. The van der Waals surface area contributed by atoms with E-state index in [1.807, 2.05) is 0 Å². The van der Waals surface area contributed by atoms with Crippen LogP contribution in [-0.4, -0.2) is 0 Å². The molecule has 0 unspecified atom stereocenters. The van der Waals surface area contributed by atoms with Gasteiger partial charge < -0.3 is 0 Å². The lowest BCUT2D eigenvalue weighted by Crippen LogP contribution is -2.32. The van der Waals surface area contributed by atoms with Crippen LogP contribution < -0.4 is 0 Å². The molecule has 0 aromatic carbocycles. The van der Waals surface area contributed by atoms with Crippen LogP contribution >= 0.6 is 0 Å². The molecule has 0 aromatic heterocycles. The SMILES string of the molecule is CCCCCCC1(C)CC(C)C1. The summed E-state index contributed by atoms with van der Waals surface area (Å²) in [5.74, 6) is 1.01. The van der Waals surface area contributed by atoms with Gasteiger partial charge in [0.05, 0.1) is 0 Å². The van der Waals surface area contributed by atoms with Crippen LogP contribution in [0.4, 0.5) is 0 Å². The van der Waals surface area contributed by atoms with Gasteiger partial charge in [-0.2, -0.15) is 0 Å². The second-order valence-electron chi connectivity index (χ2n) is 5.13. The lowest BCUT2D eigenvalue weighted by atomic mass is 9.62. The molecule has 0 aliphatic heterocycles. The lowest BCUT2D eigenvalue weighted by molar-refractivity contribution is 0.0742. The summed E-state index contributed by atoms with van der Waals surface area (Å²) in [6.45, 7) is 7.14. The minimum Gasteiger partial charge on any atom is -0.0654 e. The quantitative estimate of drug-likeness (QED) is 0.534. The van der Waals surface area contributed by atoms with Crippen molar-refractivity contribution in [1.29, 1.82) is 0 Å². The maximum absolute atomic E-state index is 2.47. The zero-order valence-corrected chi connectivity index (χ0v) is 9.03. The second kappa shape index (κ2) is 4.30. The topological polar surface area (TPSA) is 0 Å². The first-order chi connectivity index (χ1) is 5.66. The van der Waals surface area contributed by atoms with Crippen molar-refractivity contribution in [2.75, 3.05) is 0 Å². The molecule has 1 saturated carbocycles. The first kappa shape index (κ1) is 10.1. The Balaban J connectivity index is 2.00. The highest BCUT2D eigenvalue weighted by atomic mass is 14.4. The van der Waals surface area contributed by atoms with E-state index in [2.05, 4.69) is 20.8 Å². The standard InChI is InChI=1S/C12H24/c1-4-5-6-7-8-12(3)9-11(2)10-12/h11H,4-10H2,1-3H3. The van der Waals surface area contributed by atoms with Gasteiger partial charge >= 0.3 is 0 Å². The molecule has 0 heterocycles. The molecule has 72 valence electrons. The van der Waals surface area contributed by atoms with Crippen molar-refractivity contribution >= 4 is 0 Å². The maximum atomic E-state index is 2.47. The van der Waals surface area contributed by atoms with Gasteiger partial charge in [0.25, 0.3) is 0 Å². The Morgan fingerprint density at radius 1 is 1.17 bits per heavy atom. The van der Waals surface area contributed by atoms with Crippen LogP contribution in [0.5, 0.6) is 0 Å². The van der Waals surface area contributed by atoms with Gasteiger partial charge in [0.1, 0.15) is 0 Å². The van der Waals surface area contributed by atoms with E-state index in [9.17, 15) is 0 Å². The third kappa shape index (κ3) is 2.80. The van der Waals surface area contributed by atoms with Crippen molar-refractivity contribution in [3.05, 3.63) is 0 Å². The predicted molar refractivity (Wildman–Crippen MR) is 55.3 cm³/mol. The van der Waals surface area contributed by atoms with Crippen molar-refractivity contribution < 1.29 is 0 Å². The lowest BCUT2D eigenvalue weighted by Gasteiger charge is -2.44. The molecular weight excluding hydrogens is 144 g/mol. The van der Waals surface area contributed by atoms with Gasteiger partial charge in [0.15, 0.2) is 0 Å². The fraction of sp³-hybridized carbons (Fsp3) is 1.00.